The summed E-state index contributed by atoms with van der Waals surface area (Å²) in [6, 6.07) is 13.1. The predicted molar refractivity (Wildman–Crippen MR) is 157 cm³/mol. The number of benzene rings is 2. The van der Waals surface area contributed by atoms with E-state index in [2.05, 4.69) is 13.8 Å². The van der Waals surface area contributed by atoms with Crippen molar-refractivity contribution in [1.29, 1.82) is 0 Å². The quantitative estimate of drug-likeness (QED) is 0.162. The normalized spacial score (nSPS) is 10.7. The fourth-order valence-electron chi connectivity index (χ4n) is 4.60. The van der Waals surface area contributed by atoms with Crippen molar-refractivity contribution in [3.05, 3.63) is 65.4 Å². The van der Waals surface area contributed by atoms with E-state index in [9.17, 15) is 14.4 Å². The zero-order chi connectivity index (χ0) is 27.5. The summed E-state index contributed by atoms with van der Waals surface area (Å²) < 4.78 is 7.30. The zero-order valence-electron chi connectivity index (χ0n) is 22.9. The number of aryl methyl sites for hydroxylation is 1. The summed E-state index contributed by atoms with van der Waals surface area (Å²) in [5, 5.41) is 9.59. The number of ether oxygens (including phenoxy) is 1. The summed E-state index contributed by atoms with van der Waals surface area (Å²) in [7, 11) is 1.60. The maximum Gasteiger partial charge on any atom is 0.303 e. The van der Waals surface area contributed by atoms with Gasteiger partial charge in [0.2, 0.25) is 5.91 Å². The Balaban J connectivity index is 0.00000533. The standard InChI is InChI=1S/C31H40N2O5.CH4/c1-4-6-18-32(19-7-5-2)29(34)22-33-21-27(26-17-16-25(38-3)20-28(26)33)31(37)24-14-12-23(13-15-24)10-8-9-11-30(35)36;/h12-17,20-21H,4-11,18-19,22H2,1-3H3,(H,35,36);1H4. The van der Waals surface area contributed by atoms with Gasteiger partial charge in [0.15, 0.2) is 5.78 Å². The number of unbranched alkanes of at least 4 members (excludes halogenated alkanes) is 3. The Morgan fingerprint density at radius 3 is 2.18 bits per heavy atom. The van der Waals surface area contributed by atoms with Crippen LogP contribution in [0.5, 0.6) is 5.75 Å². The number of carboxylic acids is 1. The number of methoxy groups -OCH3 is 1. The Kier molecular flexibility index (Phi) is 12.7. The molecule has 1 amide bonds. The van der Waals surface area contributed by atoms with Crippen LogP contribution in [0.1, 0.15) is 87.7 Å². The smallest absolute Gasteiger partial charge is 0.303 e. The van der Waals surface area contributed by atoms with Crippen molar-refractivity contribution in [1.82, 2.24) is 9.47 Å². The molecular formula is C32H44N2O5. The maximum absolute atomic E-state index is 13.6. The second kappa shape index (κ2) is 15.7. The lowest BCUT2D eigenvalue weighted by atomic mass is 9.99. The number of nitrogens with zero attached hydrogens (tertiary/aromatic N) is 2. The molecule has 39 heavy (non-hydrogen) atoms. The van der Waals surface area contributed by atoms with E-state index in [4.69, 9.17) is 9.84 Å². The highest BCUT2D eigenvalue weighted by atomic mass is 16.5. The van der Waals surface area contributed by atoms with Crippen LogP contribution in [0.3, 0.4) is 0 Å². The monoisotopic (exact) mass is 536 g/mol. The summed E-state index contributed by atoms with van der Waals surface area (Å²) in [6.45, 7) is 5.90. The van der Waals surface area contributed by atoms with Gasteiger partial charge in [-0.15, -0.1) is 0 Å². The Morgan fingerprint density at radius 2 is 1.59 bits per heavy atom. The van der Waals surface area contributed by atoms with Gasteiger partial charge in [-0.1, -0.05) is 58.4 Å². The molecule has 1 N–H and O–H groups in total. The van der Waals surface area contributed by atoms with Gasteiger partial charge < -0.3 is 19.3 Å². The lowest BCUT2D eigenvalue weighted by Gasteiger charge is -2.23. The van der Waals surface area contributed by atoms with E-state index in [0.717, 1.165) is 68.1 Å². The van der Waals surface area contributed by atoms with E-state index in [0.29, 0.717) is 23.3 Å². The summed E-state index contributed by atoms with van der Waals surface area (Å²) in [5.41, 5.74) is 3.00. The number of ketones is 1. The molecule has 7 heteroatoms. The largest absolute Gasteiger partial charge is 0.497 e. The molecule has 212 valence electrons. The highest BCUT2D eigenvalue weighted by Gasteiger charge is 2.20. The lowest BCUT2D eigenvalue weighted by Crippen LogP contribution is -2.35. The summed E-state index contributed by atoms with van der Waals surface area (Å²) in [5.74, 6) is -0.154. The molecule has 0 spiro atoms. The van der Waals surface area contributed by atoms with Crippen LogP contribution in [-0.2, 0) is 22.6 Å². The molecule has 0 radical (unpaired) electrons. The third-order valence-corrected chi connectivity index (χ3v) is 6.88. The van der Waals surface area contributed by atoms with Gasteiger partial charge in [0.25, 0.3) is 0 Å². The summed E-state index contributed by atoms with van der Waals surface area (Å²) >= 11 is 0. The van der Waals surface area contributed by atoms with Crippen LogP contribution in [0.2, 0.25) is 0 Å². The first-order valence-electron chi connectivity index (χ1n) is 13.7. The van der Waals surface area contributed by atoms with E-state index < -0.39 is 5.97 Å². The summed E-state index contributed by atoms with van der Waals surface area (Å²) in [4.78, 5) is 39.5. The van der Waals surface area contributed by atoms with Gasteiger partial charge in [0.05, 0.1) is 12.6 Å². The average Bonchev–Trinajstić information content (AvgIpc) is 3.28. The Bertz CT molecular complexity index is 1220. The second-order valence-corrected chi connectivity index (χ2v) is 9.77. The summed E-state index contributed by atoms with van der Waals surface area (Å²) in [6.07, 6.45) is 8.14. The third-order valence-electron chi connectivity index (χ3n) is 6.88. The predicted octanol–water partition coefficient (Wildman–Crippen LogP) is 6.74. The van der Waals surface area contributed by atoms with Crippen LogP contribution in [0.15, 0.2) is 48.7 Å². The molecule has 0 fully saturated rings. The number of hydrogen-bond donors (Lipinski definition) is 1. The van der Waals surface area contributed by atoms with E-state index in [1.165, 1.54) is 0 Å². The number of carbonyl (C=O) groups is 3. The molecule has 0 aliphatic heterocycles. The minimum absolute atomic E-state index is 0. The number of carboxylic acid groups (broad SMARTS) is 1. The highest BCUT2D eigenvalue weighted by molar-refractivity contribution is 6.16. The van der Waals surface area contributed by atoms with Crippen molar-refractivity contribution >= 4 is 28.6 Å². The van der Waals surface area contributed by atoms with Crippen molar-refractivity contribution in [3.8, 4) is 5.75 Å². The second-order valence-electron chi connectivity index (χ2n) is 9.77. The van der Waals surface area contributed by atoms with Crippen molar-refractivity contribution in [3.63, 3.8) is 0 Å². The fourth-order valence-corrected chi connectivity index (χ4v) is 4.60. The molecule has 1 aromatic heterocycles. The van der Waals surface area contributed by atoms with E-state index >= 15 is 0 Å². The lowest BCUT2D eigenvalue weighted by molar-refractivity contribution is -0.137. The molecule has 0 saturated carbocycles. The molecule has 3 aromatic rings. The SMILES string of the molecule is C.CCCCN(CCCC)C(=O)Cn1cc(C(=O)c2ccc(CCCCC(=O)O)cc2)c2ccc(OC)cc21. The molecule has 1 heterocycles. The van der Waals surface area contributed by atoms with Gasteiger partial charge in [0, 0.05) is 48.3 Å². The average molecular weight is 537 g/mol. The molecule has 7 nitrogen and oxygen atoms in total. The van der Waals surface area contributed by atoms with Gasteiger partial charge >= 0.3 is 5.97 Å². The number of aromatic nitrogens is 1. The van der Waals surface area contributed by atoms with Crippen molar-refractivity contribution in [2.75, 3.05) is 20.2 Å². The Morgan fingerprint density at radius 1 is 0.923 bits per heavy atom. The molecule has 0 aliphatic carbocycles. The van der Waals surface area contributed by atoms with Gasteiger partial charge in [-0.25, -0.2) is 0 Å². The van der Waals surface area contributed by atoms with Crippen molar-refractivity contribution in [2.24, 2.45) is 0 Å². The number of hydrogen-bond acceptors (Lipinski definition) is 4. The topological polar surface area (TPSA) is 88.8 Å². The number of amides is 1. The highest BCUT2D eigenvalue weighted by Crippen LogP contribution is 2.28. The molecule has 0 aliphatic rings. The molecule has 3 rings (SSSR count). The van der Waals surface area contributed by atoms with Gasteiger partial charge in [-0.2, -0.15) is 0 Å². The molecule has 2 aromatic carbocycles. The molecule has 0 unspecified atom stereocenters. The first kappa shape index (κ1) is 31.6. The first-order chi connectivity index (χ1) is 18.4. The van der Waals surface area contributed by atoms with E-state index in [1.54, 1.807) is 13.3 Å². The number of fused-ring (bicyclic) bond motifs is 1. The van der Waals surface area contributed by atoms with E-state index in [-0.39, 0.29) is 32.1 Å². The fraction of sp³-hybridized carbons (Fsp3) is 0.469. The molecule has 0 atom stereocenters. The molecule has 0 saturated heterocycles. The molecular weight excluding hydrogens is 492 g/mol. The van der Waals surface area contributed by atoms with Crippen LogP contribution < -0.4 is 4.74 Å². The number of aliphatic carboxylic acids is 1. The van der Waals surface area contributed by atoms with Gasteiger partial charge in [-0.3, -0.25) is 14.4 Å². The minimum atomic E-state index is -0.779. The number of rotatable bonds is 16. The van der Waals surface area contributed by atoms with Crippen LogP contribution in [-0.4, -0.2) is 52.4 Å². The van der Waals surface area contributed by atoms with Crippen LogP contribution in [0, 0.1) is 0 Å². The Labute approximate surface area is 232 Å². The van der Waals surface area contributed by atoms with Crippen LogP contribution >= 0.6 is 0 Å². The van der Waals surface area contributed by atoms with Crippen LogP contribution in [0.4, 0.5) is 0 Å². The van der Waals surface area contributed by atoms with Crippen LogP contribution in [0.25, 0.3) is 10.9 Å². The Hall–Kier alpha value is -3.61. The van der Waals surface area contributed by atoms with Gasteiger partial charge in [0.1, 0.15) is 12.3 Å². The maximum atomic E-state index is 13.6. The van der Waals surface area contributed by atoms with Gasteiger partial charge in [-0.05, 0) is 49.8 Å². The minimum Gasteiger partial charge on any atom is -0.497 e. The first-order valence-corrected chi connectivity index (χ1v) is 13.7. The van der Waals surface area contributed by atoms with E-state index in [1.807, 2.05) is 51.9 Å². The zero-order valence-corrected chi connectivity index (χ0v) is 22.9. The van der Waals surface area contributed by atoms with Crippen molar-refractivity contribution < 1.29 is 24.2 Å². The van der Waals surface area contributed by atoms with Crippen molar-refractivity contribution in [2.45, 2.75) is 79.2 Å². The molecule has 0 bridgehead atoms. The third kappa shape index (κ3) is 8.70. The number of carbonyl (C=O) groups excluding carboxylic acids is 2.